The molecule has 2 rings (SSSR count). The average molecular weight is 288 g/mol. The number of carbonyl (C=O) groups is 1. The third-order valence-electron chi connectivity index (χ3n) is 4.64. The van der Waals surface area contributed by atoms with E-state index in [0.717, 1.165) is 30.5 Å². The van der Waals surface area contributed by atoms with Crippen LogP contribution in [0.25, 0.3) is 0 Å². The first-order chi connectivity index (χ1) is 10.2. The van der Waals surface area contributed by atoms with Crippen molar-refractivity contribution in [2.24, 2.45) is 11.8 Å². The summed E-state index contributed by atoms with van der Waals surface area (Å²) >= 11 is 0. The summed E-state index contributed by atoms with van der Waals surface area (Å²) in [6.07, 6.45) is 6.92. The molecule has 116 valence electrons. The molecule has 0 saturated heterocycles. The van der Waals surface area contributed by atoms with E-state index >= 15 is 0 Å². The predicted octanol–water partition coefficient (Wildman–Crippen LogP) is 3.35. The Bertz CT molecular complexity index is 433. The topological polar surface area (TPSA) is 41.1 Å². The highest BCUT2D eigenvalue weighted by Crippen LogP contribution is 2.29. The molecule has 3 heteroatoms. The maximum atomic E-state index is 11.5. The SMILES string of the molecule is CNC(=O)c1ccc(CNCCC2CCC(C)CC2)cc1. The van der Waals surface area contributed by atoms with E-state index in [2.05, 4.69) is 17.6 Å². The van der Waals surface area contributed by atoms with Crippen LogP contribution < -0.4 is 10.6 Å². The molecule has 1 aliphatic carbocycles. The minimum Gasteiger partial charge on any atom is -0.355 e. The predicted molar refractivity (Wildman–Crippen MR) is 87.3 cm³/mol. The molecule has 21 heavy (non-hydrogen) atoms. The van der Waals surface area contributed by atoms with Gasteiger partial charge in [0.2, 0.25) is 0 Å². The zero-order valence-corrected chi connectivity index (χ0v) is 13.3. The molecule has 1 amide bonds. The van der Waals surface area contributed by atoms with E-state index in [1.54, 1.807) is 7.05 Å². The summed E-state index contributed by atoms with van der Waals surface area (Å²) in [4.78, 5) is 11.5. The third-order valence-corrected chi connectivity index (χ3v) is 4.64. The van der Waals surface area contributed by atoms with Crippen molar-refractivity contribution in [1.29, 1.82) is 0 Å². The first-order valence-electron chi connectivity index (χ1n) is 8.20. The molecular weight excluding hydrogens is 260 g/mol. The largest absolute Gasteiger partial charge is 0.355 e. The number of rotatable bonds is 6. The van der Waals surface area contributed by atoms with Crippen LogP contribution in [0.1, 0.15) is 54.9 Å². The Hall–Kier alpha value is -1.35. The van der Waals surface area contributed by atoms with Crippen molar-refractivity contribution in [3.8, 4) is 0 Å². The quantitative estimate of drug-likeness (QED) is 0.788. The minimum absolute atomic E-state index is 0.0268. The second kappa shape index (κ2) is 8.18. The molecule has 0 aromatic heterocycles. The van der Waals surface area contributed by atoms with E-state index < -0.39 is 0 Å². The number of nitrogens with one attached hydrogen (secondary N) is 2. The van der Waals surface area contributed by atoms with Gasteiger partial charge in [-0.3, -0.25) is 4.79 Å². The van der Waals surface area contributed by atoms with Crippen LogP contribution in [0.4, 0.5) is 0 Å². The van der Waals surface area contributed by atoms with Gasteiger partial charge < -0.3 is 10.6 Å². The summed E-state index contributed by atoms with van der Waals surface area (Å²) < 4.78 is 0. The van der Waals surface area contributed by atoms with Gasteiger partial charge >= 0.3 is 0 Å². The first kappa shape index (κ1) is 16.0. The van der Waals surface area contributed by atoms with Crippen molar-refractivity contribution in [2.45, 2.75) is 45.6 Å². The van der Waals surface area contributed by atoms with Crippen LogP contribution in [-0.2, 0) is 6.54 Å². The van der Waals surface area contributed by atoms with Gasteiger partial charge in [0.15, 0.2) is 0 Å². The highest BCUT2D eigenvalue weighted by Gasteiger charge is 2.17. The highest BCUT2D eigenvalue weighted by atomic mass is 16.1. The van der Waals surface area contributed by atoms with Gasteiger partial charge in [0.1, 0.15) is 0 Å². The lowest BCUT2D eigenvalue weighted by atomic mass is 9.81. The van der Waals surface area contributed by atoms with Crippen LogP contribution in [0.3, 0.4) is 0 Å². The lowest BCUT2D eigenvalue weighted by Gasteiger charge is -2.26. The molecule has 0 spiro atoms. The zero-order valence-electron chi connectivity index (χ0n) is 13.3. The van der Waals surface area contributed by atoms with Crippen molar-refractivity contribution >= 4 is 5.91 Å². The smallest absolute Gasteiger partial charge is 0.251 e. The summed E-state index contributed by atoms with van der Waals surface area (Å²) in [6, 6.07) is 7.83. The molecule has 1 saturated carbocycles. The van der Waals surface area contributed by atoms with Crippen LogP contribution in [-0.4, -0.2) is 19.5 Å². The third kappa shape index (κ3) is 5.16. The molecule has 0 aliphatic heterocycles. The van der Waals surface area contributed by atoms with Crippen molar-refractivity contribution in [2.75, 3.05) is 13.6 Å². The normalized spacial score (nSPS) is 22.0. The molecule has 0 radical (unpaired) electrons. The van der Waals surface area contributed by atoms with E-state index in [1.165, 1.54) is 37.7 Å². The van der Waals surface area contributed by atoms with Gasteiger partial charge in [-0.05, 0) is 42.5 Å². The molecule has 1 aromatic carbocycles. The Morgan fingerprint density at radius 1 is 1.14 bits per heavy atom. The van der Waals surface area contributed by atoms with E-state index in [4.69, 9.17) is 0 Å². The number of hydrogen-bond donors (Lipinski definition) is 2. The Kier molecular flexibility index (Phi) is 6.24. The summed E-state index contributed by atoms with van der Waals surface area (Å²) in [6.45, 7) is 4.35. The second-order valence-corrected chi connectivity index (χ2v) is 6.37. The molecule has 1 aromatic rings. The first-order valence-corrected chi connectivity index (χ1v) is 8.20. The van der Waals surface area contributed by atoms with Gasteiger partial charge in [0.05, 0.1) is 0 Å². The second-order valence-electron chi connectivity index (χ2n) is 6.37. The highest BCUT2D eigenvalue weighted by molar-refractivity contribution is 5.93. The number of carbonyl (C=O) groups excluding carboxylic acids is 1. The Balaban J connectivity index is 1.65. The minimum atomic E-state index is -0.0268. The zero-order chi connectivity index (χ0) is 15.1. The number of amides is 1. The van der Waals surface area contributed by atoms with Gasteiger partial charge in [-0.15, -0.1) is 0 Å². The molecule has 0 bridgehead atoms. The van der Waals surface area contributed by atoms with Crippen molar-refractivity contribution in [1.82, 2.24) is 10.6 Å². The molecule has 0 heterocycles. The van der Waals surface area contributed by atoms with Gasteiger partial charge in [-0.25, -0.2) is 0 Å². The maximum Gasteiger partial charge on any atom is 0.251 e. The molecule has 0 unspecified atom stereocenters. The van der Waals surface area contributed by atoms with E-state index in [0.29, 0.717) is 0 Å². The number of benzene rings is 1. The fourth-order valence-corrected chi connectivity index (χ4v) is 3.08. The lowest BCUT2D eigenvalue weighted by molar-refractivity contribution is 0.0963. The number of hydrogen-bond acceptors (Lipinski definition) is 2. The van der Waals surface area contributed by atoms with Gasteiger partial charge in [-0.1, -0.05) is 44.7 Å². The average Bonchev–Trinajstić information content (AvgIpc) is 2.53. The van der Waals surface area contributed by atoms with E-state index in [1.807, 2.05) is 24.3 Å². The summed E-state index contributed by atoms with van der Waals surface area (Å²) in [5.41, 5.74) is 1.96. The Labute approximate surface area is 128 Å². The van der Waals surface area contributed by atoms with Gasteiger partial charge in [0.25, 0.3) is 5.91 Å². The molecule has 1 aliphatic rings. The summed E-state index contributed by atoms with van der Waals surface area (Å²) in [5, 5.41) is 6.16. The van der Waals surface area contributed by atoms with Crippen LogP contribution in [0.15, 0.2) is 24.3 Å². The molecule has 1 fully saturated rings. The van der Waals surface area contributed by atoms with Gasteiger partial charge in [0, 0.05) is 19.2 Å². The Morgan fingerprint density at radius 3 is 2.43 bits per heavy atom. The summed E-state index contributed by atoms with van der Waals surface area (Å²) in [7, 11) is 1.66. The monoisotopic (exact) mass is 288 g/mol. The van der Waals surface area contributed by atoms with Crippen molar-refractivity contribution in [3.63, 3.8) is 0 Å². The fraction of sp³-hybridized carbons (Fsp3) is 0.611. The van der Waals surface area contributed by atoms with Gasteiger partial charge in [-0.2, -0.15) is 0 Å². The van der Waals surface area contributed by atoms with Crippen molar-refractivity contribution in [3.05, 3.63) is 35.4 Å². The lowest BCUT2D eigenvalue weighted by Crippen LogP contribution is -2.21. The Morgan fingerprint density at radius 2 is 1.81 bits per heavy atom. The fourth-order valence-electron chi connectivity index (χ4n) is 3.08. The van der Waals surface area contributed by atoms with E-state index in [9.17, 15) is 4.79 Å². The van der Waals surface area contributed by atoms with E-state index in [-0.39, 0.29) is 5.91 Å². The van der Waals surface area contributed by atoms with Crippen LogP contribution in [0.2, 0.25) is 0 Å². The van der Waals surface area contributed by atoms with Crippen LogP contribution >= 0.6 is 0 Å². The standard InChI is InChI=1S/C18H28N2O/c1-14-3-5-15(6-4-14)11-12-20-13-16-7-9-17(10-8-16)18(21)19-2/h7-10,14-15,20H,3-6,11-13H2,1-2H3,(H,19,21). The summed E-state index contributed by atoms with van der Waals surface area (Å²) in [5.74, 6) is 1.83. The molecule has 0 atom stereocenters. The van der Waals surface area contributed by atoms with Crippen LogP contribution in [0, 0.1) is 11.8 Å². The molecular formula is C18H28N2O. The van der Waals surface area contributed by atoms with Crippen LogP contribution in [0.5, 0.6) is 0 Å². The molecule has 2 N–H and O–H groups in total. The molecule has 3 nitrogen and oxygen atoms in total. The maximum absolute atomic E-state index is 11.5. The van der Waals surface area contributed by atoms with Crippen molar-refractivity contribution < 1.29 is 4.79 Å².